The Bertz CT molecular complexity index is 575. The number of hydrogen-bond donors (Lipinski definition) is 1. The quantitative estimate of drug-likeness (QED) is 0.864. The summed E-state index contributed by atoms with van der Waals surface area (Å²) < 4.78 is 12.7. The maximum atomic E-state index is 12.7. The van der Waals surface area contributed by atoms with E-state index in [-0.39, 0.29) is 11.5 Å². The largest absolute Gasteiger partial charge is 0.305 e. The number of H-pyrrole nitrogens is 1. The minimum Gasteiger partial charge on any atom is -0.305 e. The number of aromatic nitrogens is 3. The molecule has 2 rings (SSSR count). The molecule has 2 aromatic rings. The van der Waals surface area contributed by atoms with Gasteiger partial charge in [0, 0.05) is 6.07 Å². The van der Waals surface area contributed by atoms with Gasteiger partial charge in [0.25, 0.3) is 5.56 Å². The van der Waals surface area contributed by atoms with E-state index in [1.54, 1.807) is 0 Å². The fraction of sp³-hybridized carbons (Fsp3) is 0.250. The maximum Gasteiger partial charge on any atom is 0.251 e. The summed E-state index contributed by atoms with van der Waals surface area (Å²) >= 11 is 0. The van der Waals surface area contributed by atoms with Gasteiger partial charge in [0.2, 0.25) is 0 Å². The Morgan fingerprint density at radius 3 is 2.71 bits per heavy atom. The van der Waals surface area contributed by atoms with E-state index in [1.807, 2.05) is 13.8 Å². The predicted octanol–water partition coefficient (Wildman–Crippen LogP) is 2.09. The molecular formula is C12H12FN3O. The van der Waals surface area contributed by atoms with Crippen LogP contribution >= 0.6 is 0 Å². The normalized spacial score (nSPS) is 10.8. The zero-order valence-electron chi connectivity index (χ0n) is 9.57. The Balaban J connectivity index is 2.52. The highest BCUT2D eigenvalue weighted by molar-refractivity contribution is 5.48. The molecule has 0 bridgehead atoms. The summed E-state index contributed by atoms with van der Waals surface area (Å²) in [5, 5.41) is 0. The molecule has 1 N–H and O–H groups in total. The zero-order valence-corrected chi connectivity index (χ0v) is 9.57. The van der Waals surface area contributed by atoms with Gasteiger partial charge in [-0.1, -0.05) is 13.8 Å². The fourth-order valence-electron chi connectivity index (χ4n) is 1.41. The Morgan fingerprint density at radius 2 is 2.12 bits per heavy atom. The van der Waals surface area contributed by atoms with Crippen molar-refractivity contribution in [2.75, 3.05) is 0 Å². The van der Waals surface area contributed by atoms with Gasteiger partial charge >= 0.3 is 0 Å². The number of nitrogens with zero attached hydrogens (tertiary/aromatic N) is 2. The van der Waals surface area contributed by atoms with Gasteiger partial charge in [-0.2, -0.15) is 0 Å². The molecule has 0 aliphatic rings. The topological polar surface area (TPSA) is 58.6 Å². The second kappa shape index (κ2) is 4.45. The van der Waals surface area contributed by atoms with Gasteiger partial charge in [-0.05, 0) is 18.1 Å². The molecule has 5 heteroatoms. The van der Waals surface area contributed by atoms with Crippen molar-refractivity contribution in [2.45, 2.75) is 19.8 Å². The van der Waals surface area contributed by atoms with Gasteiger partial charge in [0.05, 0.1) is 11.9 Å². The Morgan fingerprint density at radius 1 is 1.35 bits per heavy atom. The third-order valence-corrected chi connectivity index (χ3v) is 2.32. The fourth-order valence-corrected chi connectivity index (χ4v) is 1.41. The lowest BCUT2D eigenvalue weighted by Crippen LogP contribution is -2.11. The van der Waals surface area contributed by atoms with Gasteiger partial charge < -0.3 is 4.98 Å². The minimum atomic E-state index is -0.420. The zero-order chi connectivity index (χ0) is 12.4. The highest BCUT2D eigenvalue weighted by atomic mass is 19.1. The summed E-state index contributed by atoms with van der Waals surface area (Å²) in [6, 6.07) is 4.22. The van der Waals surface area contributed by atoms with Gasteiger partial charge in [0.15, 0.2) is 5.82 Å². The molecule has 0 unspecified atom stereocenters. The number of rotatable bonds is 2. The molecule has 0 aliphatic carbocycles. The van der Waals surface area contributed by atoms with Crippen LogP contribution in [-0.2, 0) is 0 Å². The van der Waals surface area contributed by atoms with Crippen molar-refractivity contribution in [2.24, 2.45) is 0 Å². The van der Waals surface area contributed by atoms with E-state index in [0.29, 0.717) is 17.2 Å². The van der Waals surface area contributed by atoms with Crippen LogP contribution in [0.25, 0.3) is 11.5 Å². The van der Waals surface area contributed by atoms with Crippen molar-refractivity contribution in [3.8, 4) is 11.5 Å². The molecular weight excluding hydrogens is 221 g/mol. The Labute approximate surface area is 97.6 Å². The lowest BCUT2D eigenvalue weighted by Gasteiger charge is -2.06. The number of nitrogens with one attached hydrogen (secondary N) is 1. The molecule has 0 fully saturated rings. The average molecular weight is 233 g/mol. The Kier molecular flexibility index (Phi) is 2.99. The molecule has 0 atom stereocenters. The predicted molar refractivity (Wildman–Crippen MR) is 62.1 cm³/mol. The SMILES string of the molecule is CC(C)c1cc(=O)[nH]c(-c2ccc(F)cn2)n1. The molecule has 0 spiro atoms. The molecule has 0 aromatic carbocycles. The first-order valence-corrected chi connectivity index (χ1v) is 5.29. The lowest BCUT2D eigenvalue weighted by atomic mass is 10.1. The molecule has 0 amide bonds. The summed E-state index contributed by atoms with van der Waals surface area (Å²) in [5.74, 6) is 0.0915. The third-order valence-electron chi connectivity index (χ3n) is 2.32. The molecule has 0 saturated carbocycles. The van der Waals surface area contributed by atoms with Crippen LogP contribution in [0.2, 0.25) is 0 Å². The molecule has 0 radical (unpaired) electrons. The summed E-state index contributed by atoms with van der Waals surface area (Å²) in [6.45, 7) is 3.90. The smallest absolute Gasteiger partial charge is 0.251 e. The van der Waals surface area contributed by atoms with Crippen LogP contribution in [0.3, 0.4) is 0 Å². The molecule has 88 valence electrons. The molecule has 2 aromatic heterocycles. The number of pyridine rings is 1. The Hall–Kier alpha value is -2.04. The molecule has 17 heavy (non-hydrogen) atoms. The summed E-state index contributed by atoms with van der Waals surface area (Å²) in [4.78, 5) is 22.2. The van der Waals surface area contributed by atoms with Gasteiger partial charge in [-0.25, -0.2) is 14.4 Å². The standard InChI is InChI=1S/C12H12FN3O/c1-7(2)10-5-11(17)16-12(15-10)9-4-3-8(13)6-14-9/h3-7H,1-2H3,(H,15,16,17). The second-order valence-electron chi connectivity index (χ2n) is 4.04. The van der Waals surface area contributed by atoms with E-state index in [2.05, 4.69) is 15.0 Å². The van der Waals surface area contributed by atoms with Crippen LogP contribution in [0.1, 0.15) is 25.5 Å². The molecule has 0 aliphatic heterocycles. The van der Waals surface area contributed by atoms with E-state index in [0.717, 1.165) is 6.20 Å². The van der Waals surface area contributed by atoms with E-state index >= 15 is 0 Å². The van der Waals surface area contributed by atoms with Gasteiger partial charge in [-0.15, -0.1) is 0 Å². The summed E-state index contributed by atoms with van der Waals surface area (Å²) in [5.41, 5.74) is 0.908. The molecule has 0 saturated heterocycles. The van der Waals surface area contributed by atoms with Gasteiger partial charge in [0.1, 0.15) is 11.5 Å². The van der Waals surface area contributed by atoms with Crippen molar-refractivity contribution in [3.05, 3.63) is 46.3 Å². The number of hydrogen-bond acceptors (Lipinski definition) is 3. The lowest BCUT2D eigenvalue weighted by molar-refractivity contribution is 0.621. The van der Waals surface area contributed by atoms with Crippen LogP contribution < -0.4 is 5.56 Å². The van der Waals surface area contributed by atoms with E-state index in [9.17, 15) is 9.18 Å². The summed E-state index contributed by atoms with van der Waals surface area (Å²) in [6.07, 6.45) is 1.09. The van der Waals surface area contributed by atoms with Crippen LogP contribution in [0.15, 0.2) is 29.2 Å². The highest BCUT2D eigenvalue weighted by Crippen LogP contribution is 2.14. The van der Waals surface area contributed by atoms with Crippen LogP contribution in [0, 0.1) is 5.82 Å². The average Bonchev–Trinajstić information content (AvgIpc) is 2.29. The maximum absolute atomic E-state index is 12.7. The first-order valence-electron chi connectivity index (χ1n) is 5.29. The third kappa shape index (κ3) is 2.55. The van der Waals surface area contributed by atoms with E-state index < -0.39 is 5.82 Å². The van der Waals surface area contributed by atoms with Crippen LogP contribution in [0.5, 0.6) is 0 Å². The highest BCUT2D eigenvalue weighted by Gasteiger charge is 2.07. The van der Waals surface area contributed by atoms with E-state index in [1.165, 1.54) is 18.2 Å². The van der Waals surface area contributed by atoms with E-state index in [4.69, 9.17) is 0 Å². The number of halogens is 1. The van der Waals surface area contributed by atoms with Crippen molar-refractivity contribution < 1.29 is 4.39 Å². The van der Waals surface area contributed by atoms with Gasteiger partial charge in [-0.3, -0.25) is 4.79 Å². The van der Waals surface area contributed by atoms with Crippen molar-refractivity contribution in [1.29, 1.82) is 0 Å². The minimum absolute atomic E-state index is 0.150. The van der Waals surface area contributed by atoms with Crippen molar-refractivity contribution in [1.82, 2.24) is 15.0 Å². The molecule has 2 heterocycles. The first-order chi connectivity index (χ1) is 8.06. The van der Waals surface area contributed by atoms with Crippen molar-refractivity contribution >= 4 is 0 Å². The summed E-state index contributed by atoms with van der Waals surface area (Å²) in [7, 11) is 0. The second-order valence-corrected chi connectivity index (χ2v) is 4.04. The van der Waals surface area contributed by atoms with Crippen LogP contribution in [-0.4, -0.2) is 15.0 Å². The number of aromatic amines is 1. The molecule has 4 nitrogen and oxygen atoms in total. The monoisotopic (exact) mass is 233 g/mol. The van der Waals surface area contributed by atoms with Crippen LogP contribution in [0.4, 0.5) is 4.39 Å². The first kappa shape index (κ1) is 11.4. The van der Waals surface area contributed by atoms with Crippen molar-refractivity contribution in [3.63, 3.8) is 0 Å².